The van der Waals surface area contributed by atoms with Gasteiger partial charge in [0.15, 0.2) is 0 Å². The quantitative estimate of drug-likeness (QED) is 0.628. The maximum atomic E-state index is 12.5. The lowest BCUT2D eigenvalue weighted by Crippen LogP contribution is -2.51. The molecule has 0 bridgehead atoms. The molecule has 1 heterocycles. The Balaban J connectivity index is 2.19. The normalized spacial score (nSPS) is 13.7. The Hall–Kier alpha value is -3.61. The van der Waals surface area contributed by atoms with Gasteiger partial charge in [-0.1, -0.05) is 24.3 Å². The minimum Gasteiger partial charge on any atom is -0.378 e. The molecule has 2 aromatic rings. The van der Waals surface area contributed by atoms with Crippen molar-refractivity contribution >= 4 is 34.8 Å². The molecule has 1 aliphatic rings. The largest absolute Gasteiger partial charge is 0.378 e. The summed E-state index contributed by atoms with van der Waals surface area (Å²) in [6.07, 6.45) is 0. The number of anilines is 2. The first-order valence-corrected chi connectivity index (χ1v) is 8.74. The topological polar surface area (TPSA) is 81.8 Å². The summed E-state index contributed by atoms with van der Waals surface area (Å²) in [5, 5.41) is 4.31. The zero-order valence-electron chi connectivity index (χ0n) is 16.2. The standard InChI is InChI=1S/C21H22N4O3/c1-24(2)15-9-5-13(6-10-15)17(14-7-11-16(12-8-14)25(3)4)18-19(26)22-21(28)23-20(18)27/h5-12H,1-4H3,(H2,22,23,26,27,28). The molecule has 7 heteroatoms. The molecule has 3 rings (SSSR count). The summed E-state index contributed by atoms with van der Waals surface area (Å²) < 4.78 is 0. The molecule has 1 aliphatic heterocycles. The Morgan fingerprint density at radius 2 is 1.00 bits per heavy atom. The fourth-order valence-corrected chi connectivity index (χ4v) is 3.00. The molecular formula is C21H22N4O3. The van der Waals surface area contributed by atoms with Gasteiger partial charge in [0.05, 0.1) is 0 Å². The highest BCUT2D eigenvalue weighted by atomic mass is 16.2. The van der Waals surface area contributed by atoms with Crippen molar-refractivity contribution in [3.63, 3.8) is 0 Å². The van der Waals surface area contributed by atoms with Gasteiger partial charge in [0.2, 0.25) is 0 Å². The third-order valence-corrected chi connectivity index (χ3v) is 4.50. The molecule has 1 fully saturated rings. The fraction of sp³-hybridized carbons (Fsp3) is 0.190. The van der Waals surface area contributed by atoms with Crippen molar-refractivity contribution in [1.82, 2.24) is 10.6 Å². The van der Waals surface area contributed by atoms with Gasteiger partial charge in [-0.25, -0.2) is 4.79 Å². The maximum Gasteiger partial charge on any atom is 0.328 e. The van der Waals surface area contributed by atoms with E-state index in [0.29, 0.717) is 16.7 Å². The van der Waals surface area contributed by atoms with Crippen LogP contribution in [0.1, 0.15) is 11.1 Å². The number of hydrogen-bond acceptors (Lipinski definition) is 5. The molecule has 0 aromatic heterocycles. The number of benzene rings is 2. The van der Waals surface area contributed by atoms with E-state index in [1.54, 1.807) is 0 Å². The van der Waals surface area contributed by atoms with Crippen LogP contribution in [0.3, 0.4) is 0 Å². The summed E-state index contributed by atoms with van der Waals surface area (Å²) in [6, 6.07) is 14.2. The smallest absolute Gasteiger partial charge is 0.328 e. The van der Waals surface area contributed by atoms with Crippen molar-refractivity contribution in [3.8, 4) is 0 Å². The Morgan fingerprint density at radius 3 is 1.32 bits per heavy atom. The average molecular weight is 378 g/mol. The van der Waals surface area contributed by atoms with Crippen LogP contribution >= 0.6 is 0 Å². The van der Waals surface area contributed by atoms with Gasteiger partial charge in [0.1, 0.15) is 5.57 Å². The second-order valence-electron chi connectivity index (χ2n) is 6.87. The van der Waals surface area contributed by atoms with Crippen LogP contribution in [0, 0.1) is 0 Å². The SMILES string of the molecule is CN(C)c1ccc(C(=C2C(=O)NC(=O)NC2=O)c2ccc(N(C)C)cc2)cc1. The third-order valence-electron chi connectivity index (χ3n) is 4.50. The monoisotopic (exact) mass is 378 g/mol. The number of carbonyl (C=O) groups is 3. The Labute approximate surface area is 163 Å². The molecule has 0 saturated carbocycles. The molecule has 4 amide bonds. The second-order valence-corrected chi connectivity index (χ2v) is 6.87. The highest BCUT2D eigenvalue weighted by Crippen LogP contribution is 2.30. The van der Waals surface area contributed by atoms with E-state index < -0.39 is 17.8 Å². The molecule has 1 saturated heterocycles. The molecule has 0 radical (unpaired) electrons. The van der Waals surface area contributed by atoms with Crippen molar-refractivity contribution in [2.75, 3.05) is 38.0 Å². The molecule has 2 N–H and O–H groups in total. The van der Waals surface area contributed by atoms with E-state index in [0.717, 1.165) is 11.4 Å². The van der Waals surface area contributed by atoms with E-state index in [4.69, 9.17) is 0 Å². The second kappa shape index (κ2) is 7.56. The summed E-state index contributed by atoms with van der Waals surface area (Å²) in [4.78, 5) is 40.4. The minimum atomic E-state index is -0.816. The van der Waals surface area contributed by atoms with Gasteiger partial charge < -0.3 is 9.80 Å². The number of nitrogens with zero attached hydrogens (tertiary/aromatic N) is 2. The number of barbiturate groups is 1. The van der Waals surface area contributed by atoms with Crippen LogP contribution in [0.5, 0.6) is 0 Å². The highest BCUT2D eigenvalue weighted by molar-refractivity contribution is 6.33. The number of nitrogens with one attached hydrogen (secondary N) is 2. The van der Waals surface area contributed by atoms with Crippen molar-refractivity contribution < 1.29 is 14.4 Å². The number of imide groups is 2. The van der Waals surface area contributed by atoms with Gasteiger partial charge in [0.25, 0.3) is 11.8 Å². The van der Waals surface area contributed by atoms with Crippen molar-refractivity contribution in [2.45, 2.75) is 0 Å². The molecule has 7 nitrogen and oxygen atoms in total. The van der Waals surface area contributed by atoms with E-state index in [2.05, 4.69) is 10.6 Å². The number of carbonyl (C=O) groups excluding carboxylic acids is 3. The Morgan fingerprint density at radius 1 is 0.643 bits per heavy atom. The molecule has 0 unspecified atom stereocenters. The molecular weight excluding hydrogens is 356 g/mol. The van der Waals surface area contributed by atoms with Crippen molar-refractivity contribution in [3.05, 3.63) is 65.2 Å². The van der Waals surface area contributed by atoms with E-state index in [9.17, 15) is 14.4 Å². The summed E-state index contributed by atoms with van der Waals surface area (Å²) in [5.74, 6) is -1.42. The van der Waals surface area contributed by atoms with Gasteiger partial charge in [-0.05, 0) is 35.4 Å². The van der Waals surface area contributed by atoms with Gasteiger partial charge in [-0.15, -0.1) is 0 Å². The molecule has 0 atom stereocenters. The van der Waals surface area contributed by atoms with Crippen molar-refractivity contribution in [1.29, 1.82) is 0 Å². The van der Waals surface area contributed by atoms with Crippen molar-refractivity contribution in [2.24, 2.45) is 0 Å². The average Bonchev–Trinajstić information content (AvgIpc) is 2.64. The Kier molecular flexibility index (Phi) is 5.17. The molecule has 0 aliphatic carbocycles. The van der Waals surface area contributed by atoms with E-state index in [1.165, 1.54) is 0 Å². The summed E-state index contributed by atoms with van der Waals surface area (Å²) >= 11 is 0. The van der Waals surface area contributed by atoms with E-state index >= 15 is 0 Å². The number of urea groups is 1. The molecule has 28 heavy (non-hydrogen) atoms. The van der Waals surface area contributed by atoms with Crippen LogP contribution in [-0.4, -0.2) is 46.0 Å². The lowest BCUT2D eigenvalue weighted by Gasteiger charge is -2.20. The summed E-state index contributed by atoms with van der Waals surface area (Å²) in [5.41, 5.74) is 3.77. The lowest BCUT2D eigenvalue weighted by atomic mass is 9.91. The molecule has 0 spiro atoms. The third kappa shape index (κ3) is 3.73. The fourth-order valence-electron chi connectivity index (χ4n) is 3.00. The van der Waals surface area contributed by atoms with Crippen LogP contribution in [0.15, 0.2) is 54.1 Å². The number of rotatable bonds is 4. The van der Waals surface area contributed by atoms with E-state index in [1.807, 2.05) is 86.5 Å². The van der Waals surface area contributed by atoms with Gasteiger partial charge in [-0.2, -0.15) is 0 Å². The predicted octanol–water partition coefficient (Wildman–Crippen LogP) is 1.99. The summed E-state index contributed by atoms with van der Waals surface area (Å²) in [7, 11) is 7.73. The zero-order valence-corrected chi connectivity index (χ0v) is 16.2. The maximum absolute atomic E-state index is 12.5. The molecule has 144 valence electrons. The van der Waals surface area contributed by atoms with Gasteiger partial charge in [-0.3, -0.25) is 20.2 Å². The first-order valence-electron chi connectivity index (χ1n) is 8.74. The predicted molar refractivity (Wildman–Crippen MR) is 109 cm³/mol. The summed E-state index contributed by atoms with van der Waals surface area (Å²) in [6.45, 7) is 0. The van der Waals surface area contributed by atoms with Crippen LogP contribution in [0.2, 0.25) is 0 Å². The van der Waals surface area contributed by atoms with Crippen LogP contribution in [-0.2, 0) is 9.59 Å². The lowest BCUT2D eigenvalue weighted by molar-refractivity contribution is -0.123. The first-order chi connectivity index (χ1) is 13.3. The molecule has 2 aromatic carbocycles. The van der Waals surface area contributed by atoms with Crippen LogP contribution in [0.25, 0.3) is 5.57 Å². The zero-order chi connectivity index (χ0) is 20.4. The van der Waals surface area contributed by atoms with Crippen LogP contribution in [0.4, 0.5) is 16.2 Å². The first kappa shape index (κ1) is 19.2. The van der Waals surface area contributed by atoms with Gasteiger partial charge >= 0.3 is 6.03 Å². The highest BCUT2D eigenvalue weighted by Gasteiger charge is 2.32. The van der Waals surface area contributed by atoms with Crippen LogP contribution < -0.4 is 20.4 Å². The number of hydrogen-bond donors (Lipinski definition) is 2. The Bertz CT molecular complexity index is 883. The number of amides is 4. The van der Waals surface area contributed by atoms with Gasteiger partial charge in [0, 0.05) is 45.1 Å². The minimum absolute atomic E-state index is 0.0881. The van der Waals surface area contributed by atoms with E-state index in [-0.39, 0.29) is 5.57 Å².